The third kappa shape index (κ3) is 5.04. The van der Waals surface area contributed by atoms with Gasteiger partial charge in [-0.05, 0) is 31.0 Å². The summed E-state index contributed by atoms with van der Waals surface area (Å²) in [6, 6.07) is 16.2. The lowest BCUT2D eigenvalue weighted by Crippen LogP contribution is -2.21. The van der Waals surface area contributed by atoms with Crippen molar-refractivity contribution in [2.45, 2.75) is 26.8 Å². The first-order valence-corrected chi connectivity index (χ1v) is 7.27. The van der Waals surface area contributed by atoms with Crippen LogP contribution in [0.5, 0.6) is 0 Å². The Morgan fingerprint density at radius 3 is 2.43 bits per heavy atom. The first-order valence-electron chi connectivity index (χ1n) is 7.27. The summed E-state index contributed by atoms with van der Waals surface area (Å²) in [5, 5.41) is 6.23. The highest BCUT2D eigenvalue weighted by Crippen LogP contribution is 2.13. The fraction of sp³-hybridized carbons (Fsp3) is 0.278. The lowest BCUT2D eigenvalue weighted by atomic mass is 10.1. The number of carbonyl (C=O) groups is 1. The molecule has 0 radical (unpaired) electrons. The SMILES string of the molecule is Cc1ccc(CNCCC(=O)Nc2ccccc2C)cc1. The van der Waals surface area contributed by atoms with Gasteiger partial charge >= 0.3 is 0 Å². The molecule has 0 unspecified atom stereocenters. The van der Waals surface area contributed by atoms with Crippen molar-refractivity contribution < 1.29 is 4.79 Å². The summed E-state index contributed by atoms with van der Waals surface area (Å²) < 4.78 is 0. The number of para-hydroxylation sites is 1. The molecule has 2 aromatic rings. The van der Waals surface area contributed by atoms with E-state index in [-0.39, 0.29) is 5.91 Å². The molecule has 3 nitrogen and oxygen atoms in total. The minimum absolute atomic E-state index is 0.0423. The van der Waals surface area contributed by atoms with Gasteiger partial charge in [-0.15, -0.1) is 0 Å². The number of amides is 1. The van der Waals surface area contributed by atoms with E-state index in [0.717, 1.165) is 17.8 Å². The molecule has 0 bridgehead atoms. The summed E-state index contributed by atoms with van der Waals surface area (Å²) in [6.07, 6.45) is 0.472. The lowest BCUT2D eigenvalue weighted by Gasteiger charge is -2.09. The first-order chi connectivity index (χ1) is 10.1. The highest BCUT2D eigenvalue weighted by atomic mass is 16.1. The Labute approximate surface area is 126 Å². The second-order valence-corrected chi connectivity index (χ2v) is 5.28. The third-order valence-corrected chi connectivity index (χ3v) is 3.40. The monoisotopic (exact) mass is 282 g/mol. The predicted octanol–water partition coefficient (Wildman–Crippen LogP) is 3.42. The van der Waals surface area contributed by atoms with E-state index in [0.29, 0.717) is 13.0 Å². The normalized spacial score (nSPS) is 10.4. The van der Waals surface area contributed by atoms with Crippen LogP contribution >= 0.6 is 0 Å². The van der Waals surface area contributed by atoms with Gasteiger partial charge in [-0.1, -0.05) is 48.0 Å². The maximum Gasteiger partial charge on any atom is 0.225 e. The Balaban J connectivity index is 1.70. The summed E-state index contributed by atoms with van der Waals surface area (Å²) in [6.45, 7) is 5.53. The summed E-state index contributed by atoms with van der Waals surface area (Å²) in [5.74, 6) is 0.0423. The average molecular weight is 282 g/mol. The molecule has 2 aromatic carbocycles. The molecule has 0 aromatic heterocycles. The Hall–Kier alpha value is -2.13. The zero-order valence-corrected chi connectivity index (χ0v) is 12.6. The van der Waals surface area contributed by atoms with Crippen LogP contribution in [0.1, 0.15) is 23.1 Å². The van der Waals surface area contributed by atoms with E-state index in [2.05, 4.69) is 41.8 Å². The highest BCUT2D eigenvalue weighted by molar-refractivity contribution is 5.91. The first kappa shape index (κ1) is 15.3. The van der Waals surface area contributed by atoms with Gasteiger partial charge in [-0.2, -0.15) is 0 Å². The van der Waals surface area contributed by atoms with Gasteiger partial charge in [0, 0.05) is 25.2 Å². The van der Waals surface area contributed by atoms with Crippen molar-refractivity contribution in [3.63, 3.8) is 0 Å². The number of hydrogen-bond donors (Lipinski definition) is 2. The van der Waals surface area contributed by atoms with Crippen LogP contribution in [-0.2, 0) is 11.3 Å². The number of anilines is 1. The third-order valence-electron chi connectivity index (χ3n) is 3.40. The van der Waals surface area contributed by atoms with Gasteiger partial charge < -0.3 is 10.6 Å². The molecular weight excluding hydrogens is 260 g/mol. The second-order valence-electron chi connectivity index (χ2n) is 5.28. The van der Waals surface area contributed by atoms with E-state index >= 15 is 0 Å². The molecule has 0 aliphatic heterocycles. The second kappa shape index (κ2) is 7.60. The maximum atomic E-state index is 11.9. The van der Waals surface area contributed by atoms with Crippen LogP contribution in [0.4, 0.5) is 5.69 Å². The van der Waals surface area contributed by atoms with Gasteiger partial charge in [-0.25, -0.2) is 0 Å². The van der Waals surface area contributed by atoms with E-state index in [9.17, 15) is 4.79 Å². The van der Waals surface area contributed by atoms with Crippen LogP contribution in [-0.4, -0.2) is 12.5 Å². The molecule has 1 amide bonds. The molecule has 110 valence electrons. The molecule has 0 aliphatic carbocycles. The van der Waals surface area contributed by atoms with Crippen molar-refractivity contribution in [2.75, 3.05) is 11.9 Å². The van der Waals surface area contributed by atoms with Crippen molar-refractivity contribution in [3.05, 3.63) is 65.2 Å². The highest BCUT2D eigenvalue weighted by Gasteiger charge is 2.03. The van der Waals surface area contributed by atoms with E-state index in [1.807, 2.05) is 31.2 Å². The number of benzene rings is 2. The Bertz CT molecular complexity index is 590. The number of nitrogens with one attached hydrogen (secondary N) is 2. The van der Waals surface area contributed by atoms with Crippen molar-refractivity contribution in [1.82, 2.24) is 5.32 Å². The number of rotatable bonds is 6. The van der Waals surface area contributed by atoms with Crippen molar-refractivity contribution in [1.29, 1.82) is 0 Å². The van der Waals surface area contributed by atoms with Crippen LogP contribution in [0, 0.1) is 13.8 Å². The van der Waals surface area contributed by atoms with Gasteiger partial charge in [-0.3, -0.25) is 4.79 Å². The fourth-order valence-electron chi connectivity index (χ4n) is 2.07. The van der Waals surface area contributed by atoms with E-state index < -0.39 is 0 Å². The molecule has 0 saturated carbocycles. The zero-order chi connectivity index (χ0) is 15.1. The minimum atomic E-state index is 0.0423. The van der Waals surface area contributed by atoms with Gasteiger partial charge in [0.05, 0.1) is 0 Å². The topological polar surface area (TPSA) is 41.1 Å². The van der Waals surface area contributed by atoms with Gasteiger partial charge in [0.2, 0.25) is 5.91 Å². The fourth-order valence-corrected chi connectivity index (χ4v) is 2.07. The molecule has 0 aliphatic rings. The molecule has 0 heterocycles. The Morgan fingerprint density at radius 1 is 1.00 bits per heavy atom. The molecule has 0 spiro atoms. The molecular formula is C18H22N2O. The van der Waals surface area contributed by atoms with E-state index in [1.165, 1.54) is 11.1 Å². The Kier molecular flexibility index (Phi) is 5.52. The van der Waals surface area contributed by atoms with Crippen LogP contribution in [0.15, 0.2) is 48.5 Å². The molecule has 21 heavy (non-hydrogen) atoms. The molecule has 2 N–H and O–H groups in total. The van der Waals surface area contributed by atoms with E-state index in [1.54, 1.807) is 0 Å². The summed E-state index contributed by atoms with van der Waals surface area (Å²) in [5.41, 5.74) is 4.47. The van der Waals surface area contributed by atoms with Crippen molar-refractivity contribution in [2.24, 2.45) is 0 Å². The quantitative estimate of drug-likeness (QED) is 0.797. The zero-order valence-electron chi connectivity index (χ0n) is 12.6. The Morgan fingerprint density at radius 2 is 1.71 bits per heavy atom. The van der Waals surface area contributed by atoms with Crippen LogP contribution in [0.2, 0.25) is 0 Å². The number of carbonyl (C=O) groups excluding carboxylic acids is 1. The number of hydrogen-bond acceptors (Lipinski definition) is 2. The minimum Gasteiger partial charge on any atom is -0.326 e. The van der Waals surface area contributed by atoms with Gasteiger partial charge in [0.25, 0.3) is 0 Å². The lowest BCUT2D eigenvalue weighted by molar-refractivity contribution is -0.116. The van der Waals surface area contributed by atoms with Crippen molar-refractivity contribution >= 4 is 11.6 Å². The summed E-state index contributed by atoms with van der Waals surface area (Å²) in [4.78, 5) is 11.9. The molecule has 0 fully saturated rings. The average Bonchev–Trinajstić information content (AvgIpc) is 2.48. The molecule has 3 heteroatoms. The van der Waals surface area contributed by atoms with Gasteiger partial charge in [0.15, 0.2) is 0 Å². The van der Waals surface area contributed by atoms with E-state index in [4.69, 9.17) is 0 Å². The smallest absolute Gasteiger partial charge is 0.225 e. The molecule has 0 atom stereocenters. The van der Waals surface area contributed by atoms with Crippen LogP contribution in [0.3, 0.4) is 0 Å². The molecule has 0 saturated heterocycles. The van der Waals surface area contributed by atoms with Crippen LogP contribution < -0.4 is 10.6 Å². The van der Waals surface area contributed by atoms with Crippen molar-refractivity contribution in [3.8, 4) is 0 Å². The standard InChI is InChI=1S/C18H22N2O/c1-14-7-9-16(10-8-14)13-19-12-11-18(21)20-17-6-4-3-5-15(17)2/h3-10,19H,11-13H2,1-2H3,(H,20,21). The van der Waals surface area contributed by atoms with Gasteiger partial charge in [0.1, 0.15) is 0 Å². The van der Waals surface area contributed by atoms with Crippen LogP contribution in [0.25, 0.3) is 0 Å². The summed E-state index contributed by atoms with van der Waals surface area (Å²) >= 11 is 0. The summed E-state index contributed by atoms with van der Waals surface area (Å²) in [7, 11) is 0. The maximum absolute atomic E-state index is 11.9. The number of aryl methyl sites for hydroxylation is 2. The predicted molar refractivity (Wildman–Crippen MR) is 87.3 cm³/mol. The molecule has 2 rings (SSSR count). The largest absolute Gasteiger partial charge is 0.326 e.